The van der Waals surface area contributed by atoms with E-state index in [0.717, 1.165) is 42.8 Å². The van der Waals surface area contributed by atoms with Crippen LogP contribution in [0.1, 0.15) is 37.7 Å². The van der Waals surface area contributed by atoms with Gasteiger partial charge in [-0.2, -0.15) is 0 Å². The molecular weight excluding hydrogens is 352 g/mol. The maximum atomic E-state index is 12.7. The van der Waals surface area contributed by atoms with Crippen molar-refractivity contribution in [3.63, 3.8) is 0 Å². The fourth-order valence-electron chi connectivity index (χ4n) is 4.07. The molecule has 1 aromatic carbocycles. The number of rotatable bonds is 5. The molecule has 0 spiro atoms. The molecule has 28 heavy (non-hydrogen) atoms. The highest BCUT2D eigenvalue weighted by Crippen LogP contribution is 2.33. The SMILES string of the molecule is O=C(CC1=C(c2ccccc2)CCC1=O)N[C@H]1CCCN(c2cnccn2)C1. The number of nitrogens with zero attached hydrogens (tertiary/aromatic N) is 3. The fourth-order valence-corrected chi connectivity index (χ4v) is 4.07. The number of hydrogen-bond donors (Lipinski definition) is 1. The van der Waals surface area contributed by atoms with Crippen LogP contribution in [0.5, 0.6) is 0 Å². The minimum atomic E-state index is -0.0790. The van der Waals surface area contributed by atoms with Crippen LogP contribution in [0.4, 0.5) is 5.82 Å². The Labute approximate surface area is 164 Å². The van der Waals surface area contributed by atoms with Gasteiger partial charge in [-0.1, -0.05) is 30.3 Å². The first-order chi connectivity index (χ1) is 13.7. The molecule has 0 radical (unpaired) electrons. The summed E-state index contributed by atoms with van der Waals surface area (Å²) in [6.07, 6.45) is 8.37. The van der Waals surface area contributed by atoms with Crippen molar-refractivity contribution in [2.24, 2.45) is 0 Å². The molecule has 2 heterocycles. The molecule has 0 bridgehead atoms. The second kappa shape index (κ2) is 8.33. The van der Waals surface area contributed by atoms with Gasteiger partial charge in [-0.25, -0.2) is 4.98 Å². The molecule has 2 aromatic rings. The van der Waals surface area contributed by atoms with Crippen molar-refractivity contribution < 1.29 is 9.59 Å². The molecule has 1 aromatic heterocycles. The molecule has 144 valence electrons. The second-order valence-electron chi connectivity index (χ2n) is 7.34. The molecule has 1 N–H and O–H groups in total. The Balaban J connectivity index is 1.41. The first-order valence-corrected chi connectivity index (χ1v) is 9.81. The normalized spacial score (nSPS) is 19.8. The number of amides is 1. The van der Waals surface area contributed by atoms with Gasteiger partial charge in [0.2, 0.25) is 5.91 Å². The fraction of sp³-hybridized carbons (Fsp3) is 0.364. The second-order valence-corrected chi connectivity index (χ2v) is 7.34. The van der Waals surface area contributed by atoms with Crippen LogP contribution in [-0.4, -0.2) is 40.8 Å². The summed E-state index contributed by atoms with van der Waals surface area (Å²) < 4.78 is 0. The van der Waals surface area contributed by atoms with Crippen LogP contribution in [0.25, 0.3) is 5.57 Å². The molecule has 6 nitrogen and oxygen atoms in total. The molecule has 2 aliphatic rings. The van der Waals surface area contributed by atoms with E-state index in [2.05, 4.69) is 20.2 Å². The third kappa shape index (κ3) is 4.11. The Bertz CT molecular complexity index is 880. The summed E-state index contributed by atoms with van der Waals surface area (Å²) in [5, 5.41) is 3.12. The highest BCUT2D eigenvalue weighted by atomic mass is 16.2. The van der Waals surface area contributed by atoms with E-state index in [0.29, 0.717) is 18.5 Å². The summed E-state index contributed by atoms with van der Waals surface area (Å²) in [5.41, 5.74) is 2.73. The Morgan fingerprint density at radius 3 is 2.82 bits per heavy atom. The number of Topliss-reactive ketones (excluding diaryl/α,β-unsaturated/α-hetero) is 1. The lowest BCUT2D eigenvalue weighted by atomic mass is 9.99. The number of nitrogens with one attached hydrogen (secondary N) is 1. The molecule has 1 atom stereocenters. The van der Waals surface area contributed by atoms with Gasteiger partial charge in [0.25, 0.3) is 0 Å². The van der Waals surface area contributed by atoms with Gasteiger partial charge in [0.15, 0.2) is 5.78 Å². The topological polar surface area (TPSA) is 75.2 Å². The summed E-state index contributed by atoms with van der Waals surface area (Å²) in [6.45, 7) is 1.62. The maximum Gasteiger partial charge on any atom is 0.224 e. The van der Waals surface area contributed by atoms with Crippen LogP contribution in [0.2, 0.25) is 0 Å². The number of benzene rings is 1. The lowest BCUT2D eigenvalue weighted by molar-refractivity contribution is -0.123. The van der Waals surface area contributed by atoms with Gasteiger partial charge in [-0.3, -0.25) is 14.6 Å². The van der Waals surface area contributed by atoms with Gasteiger partial charge in [0.05, 0.1) is 12.6 Å². The molecule has 1 aliphatic heterocycles. The van der Waals surface area contributed by atoms with Gasteiger partial charge in [0, 0.05) is 43.5 Å². The van der Waals surface area contributed by atoms with Crippen LogP contribution in [0, 0.1) is 0 Å². The number of carbonyl (C=O) groups is 2. The molecule has 0 saturated carbocycles. The van der Waals surface area contributed by atoms with Gasteiger partial charge >= 0.3 is 0 Å². The van der Waals surface area contributed by atoms with E-state index in [1.807, 2.05) is 30.3 Å². The molecule has 1 aliphatic carbocycles. The largest absolute Gasteiger partial charge is 0.353 e. The molecular formula is C22H24N4O2. The average molecular weight is 376 g/mol. The van der Waals surface area contributed by atoms with Gasteiger partial charge in [0.1, 0.15) is 5.82 Å². The summed E-state index contributed by atoms with van der Waals surface area (Å²) in [4.78, 5) is 35.7. The van der Waals surface area contributed by atoms with Crippen LogP contribution in [0.15, 0.2) is 54.5 Å². The first kappa shape index (κ1) is 18.3. The van der Waals surface area contributed by atoms with E-state index in [1.165, 1.54) is 0 Å². The predicted octanol–water partition coefficient (Wildman–Crippen LogP) is 2.77. The quantitative estimate of drug-likeness (QED) is 0.868. The maximum absolute atomic E-state index is 12.7. The molecule has 1 fully saturated rings. The van der Waals surface area contributed by atoms with Crippen LogP contribution < -0.4 is 10.2 Å². The summed E-state index contributed by atoms with van der Waals surface area (Å²) in [5.74, 6) is 0.852. The Kier molecular flexibility index (Phi) is 5.46. The highest BCUT2D eigenvalue weighted by Gasteiger charge is 2.27. The van der Waals surface area contributed by atoms with E-state index in [9.17, 15) is 9.59 Å². The Morgan fingerprint density at radius 2 is 2.04 bits per heavy atom. The lowest BCUT2D eigenvalue weighted by Gasteiger charge is -2.33. The lowest BCUT2D eigenvalue weighted by Crippen LogP contribution is -2.48. The number of hydrogen-bond acceptors (Lipinski definition) is 5. The van der Waals surface area contributed by atoms with E-state index in [1.54, 1.807) is 18.6 Å². The number of piperidine rings is 1. The molecule has 6 heteroatoms. The van der Waals surface area contributed by atoms with E-state index in [-0.39, 0.29) is 24.2 Å². The van der Waals surface area contributed by atoms with Crippen LogP contribution in [-0.2, 0) is 9.59 Å². The molecule has 1 amide bonds. The monoisotopic (exact) mass is 376 g/mol. The van der Waals surface area contributed by atoms with Crippen molar-refractivity contribution >= 4 is 23.1 Å². The summed E-state index contributed by atoms with van der Waals surface area (Å²) in [6, 6.07) is 9.95. The van der Waals surface area contributed by atoms with Crippen LogP contribution in [0.3, 0.4) is 0 Å². The minimum absolute atomic E-state index is 0.0561. The molecule has 1 saturated heterocycles. The zero-order valence-electron chi connectivity index (χ0n) is 15.8. The van der Waals surface area contributed by atoms with Gasteiger partial charge < -0.3 is 10.2 Å². The van der Waals surface area contributed by atoms with Crippen molar-refractivity contribution in [2.75, 3.05) is 18.0 Å². The Hall–Kier alpha value is -3.02. The zero-order valence-corrected chi connectivity index (χ0v) is 15.8. The number of carbonyl (C=O) groups excluding carboxylic acids is 2. The summed E-state index contributed by atoms with van der Waals surface area (Å²) >= 11 is 0. The van der Waals surface area contributed by atoms with Gasteiger partial charge in [-0.15, -0.1) is 0 Å². The predicted molar refractivity (Wildman–Crippen MR) is 108 cm³/mol. The van der Waals surface area contributed by atoms with E-state index >= 15 is 0 Å². The van der Waals surface area contributed by atoms with E-state index in [4.69, 9.17) is 0 Å². The van der Waals surface area contributed by atoms with E-state index < -0.39 is 0 Å². The zero-order chi connectivity index (χ0) is 19.3. The van der Waals surface area contributed by atoms with Crippen LogP contribution >= 0.6 is 0 Å². The number of aromatic nitrogens is 2. The number of ketones is 1. The number of allylic oxidation sites excluding steroid dienone is 1. The van der Waals surface area contributed by atoms with Gasteiger partial charge in [-0.05, 0) is 30.4 Å². The average Bonchev–Trinajstić information content (AvgIpc) is 3.09. The minimum Gasteiger partial charge on any atom is -0.353 e. The third-order valence-corrected chi connectivity index (χ3v) is 5.42. The smallest absolute Gasteiger partial charge is 0.224 e. The standard InChI is InChI=1S/C22H24N4O2/c27-20-9-8-18(16-5-2-1-3-6-16)19(20)13-22(28)25-17-7-4-12-26(15-17)21-14-23-10-11-24-21/h1-3,5-6,10-11,14,17H,4,7-9,12-13,15H2,(H,25,28)/t17-/m0/s1. The third-order valence-electron chi connectivity index (χ3n) is 5.42. The van der Waals surface area contributed by atoms with Crippen molar-refractivity contribution in [1.29, 1.82) is 0 Å². The van der Waals surface area contributed by atoms with Crippen molar-refractivity contribution in [3.05, 3.63) is 60.1 Å². The highest BCUT2D eigenvalue weighted by molar-refractivity contribution is 6.10. The first-order valence-electron chi connectivity index (χ1n) is 9.81. The molecule has 4 rings (SSSR count). The number of anilines is 1. The molecule has 0 unspecified atom stereocenters. The summed E-state index contributed by atoms with van der Waals surface area (Å²) in [7, 11) is 0. The van der Waals surface area contributed by atoms with Crippen molar-refractivity contribution in [3.8, 4) is 0 Å². The van der Waals surface area contributed by atoms with Crippen molar-refractivity contribution in [2.45, 2.75) is 38.1 Å². The van der Waals surface area contributed by atoms with Crippen molar-refractivity contribution in [1.82, 2.24) is 15.3 Å². The Morgan fingerprint density at radius 1 is 1.18 bits per heavy atom.